The van der Waals surface area contributed by atoms with E-state index in [0.717, 1.165) is 5.56 Å². The standard InChI is InChI=1S/C12H12ClN3O/c1-2-17-12(7-16-9-14-8-15-16)10-3-5-11(13)6-4-10/h2-6,8-9,12H,1,7H2. The zero-order valence-corrected chi connectivity index (χ0v) is 9.92. The lowest BCUT2D eigenvalue weighted by Gasteiger charge is -2.16. The van der Waals surface area contributed by atoms with Crippen LogP contribution in [0.2, 0.25) is 5.02 Å². The highest BCUT2D eigenvalue weighted by molar-refractivity contribution is 6.30. The molecule has 5 heteroatoms. The molecule has 1 aromatic carbocycles. The molecule has 88 valence electrons. The van der Waals surface area contributed by atoms with Gasteiger partial charge in [0, 0.05) is 5.02 Å². The van der Waals surface area contributed by atoms with Crippen molar-refractivity contribution in [3.05, 3.63) is 60.3 Å². The molecule has 0 spiro atoms. The highest BCUT2D eigenvalue weighted by Crippen LogP contribution is 2.21. The van der Waals surface area contributed by atoms with E-state index in [0.29, 0.717) is 11.6 Å². The van der Waals surface area contributed by atoms with Gasteiger partial charge in [-0.2, -0.15) is 5.10 Å². The Morgan fingerprint density at radius 2 is 2.18 bits per heavy atom. The quantitative estimate of drug-likeness (QED) is 0.765. The van der Waals surface area contributed by atoms with E-state index in [9.17, 15) is 0 Å². The maximum Gasteiger partial charge on any atom is 0.142 e. The minimum absolute atomic E-state index is 0.147. The fourth-order valence-electron chi connectivity index (χ4n) is 1.52. The molecule has 1 aromatic heterocycles. The first kappa shape index (κ1) is 11.7. The van der Waals surface area contributed by atoms with Crippen molar-refractivity contribution in [2.75, 3.05) is 0 Å². The van der Waals surface area contributed by atoms with Crippen LogP contribution < -0.4 is 0 Å². The zero-order chi connectivity index (χ0) is 12.1. The Hall–Kier alpha value is -1.81. The van der Waals surface area contributed by atoms with Crippen molar-refractivity contribution in [3.8, 4) is 0 Å². The average Bonchev–Trinajstić information content (AvgIpc) is 2.82. The number of ether oxygens (including phenoxy) is 1. The van der Waals surface area contributed by atoms with Gasteiger partial charge in [0.05, 0.1) is 12.8 Å². The SMILES string of the molecule is C=COC(Cn1cncn1)c1ccc(Cl)cc1. The Morgan fingerprint density at radius 1 is 1.41 bits per heavy atom. The van der Waals surface area contributed by atoms with Crippen molar-refractivity contribution in [2.24, 2.45) is 0 Å². The molecule has 2 aromatic rings. The van der Waals surface area contributed by atoms with Gasteiger partial charge in [0.25, 0.3) is 0 Å². The fraction of sp³-hybridized carbons (Fsp3) is 0.167. The second-order valence-corrected chi connectivity index (χ2v) is 3.90. The van der Waals surface area contributed by atoms with E-state index < -0.39 is 0 Å². The van der Waals surface area contributed by atoms with E-state index >= 15 is 0 Å². The monoisotopic (exact) mass is 249 g/mol. The van der Waals surface area contributed by atoms with Gasteiger partial charge in [-0.05, 0) is 17.7 Å². The molecule has 4 nitrogen and oxygen atoms in total. The van der Waals surface area contributed by atoms with Crippen molar-refractivity contribution in [1.82, 2.24) is 14.8 Å². The van der Waals surface area contributed by atoms with Gasteiger partial charge in [-0.15, -0.1) is 0 Å². The lowest BCUT2D eigenvalue weighted by Crippen LogP contribution is -2.11. The lowest BCUT2D eigenvalue weighted by molar-refractivity contribution is 0.124. The fourth-order valence-corrected chi connectivity index (χ4v) is 1.64. The third kappa shape index (κ3) is 3.07. The summed E-state index contributed by atoms with van der Waals surface area (Å²) in [5.41, 5.74) is 1.02. The topological polar surface area (TPSA) is 39.9 Å². The van der Waals surface area contributed by atoms with E-state index in [4.69, 9.17) is 16.3 Å². The van der Waals surface area contributed by atoms with Crippen molar-refractivity contribution < 1.29 is 4.74 Å². The molecule has 0 aliphatic heterocycles. The van der Waals surface area contributed by atoms with Gasteiger partial charge < -0.3 is 4.74 Å². The van der Waals surface area contributed by atoms with Crippen molar-refractivity contribution in [1.29, 1.82) is 0 Å². The number of benzene rings is 1. The van der Waals surface area contributed by atoms with Gasteiger partial charge in [0.15, 0.2) is 0 Å². The Balaban J connectivity index is 2.16. The first-order chi connectivity index (χ1) is 8.29. The van der Waals surface area contributed by atoms with E-state index in [2.05, 4.69) is 16.7 Å². The van der Waals surface area contributed by atoms with Crippen LogP contribution in [0.25, 0.3) is 0 Å². The molecule has 0 radical (unpaired) electrons. The molecule has 0 amide bonds. The smallest absolute Gasteiger partial charge is 0.142 e. The molecule has 0 saturated carbocycles. The first-order valence-electron chi connectivity index (χ1n) is 5.14. The summed E-state index contributed by atoms with van der Waals surface area (Å²) in [7, 11) is 0. The molecule has 2 rings (SSSR count). The molecular weight excluding hydrogens is 238 g/mol. The minimum atomic E-state index is -0.147. The lowest BCUT2D eigenvalue weighted by atomic mass is 10.1. The Kier molecular flexibility index (Phi) is 3.77. The van der Waals surface area contributed by atoms with Gasteiger partial charge in [-0.1, -0.05) is 30.3 Å². The molecule has 0 aliphatic carbocycles. The number of halogens is 1. The molecule has 0 fully saturated rings. The third-order valence-electron chi connectivity index (χ3n) is 2.32. The van der Waals surface area contributed by atoms with E-state index in [-0.39, 0.29) is 6.10 Å². The second-order valence-electron chi connectivity index (χ2n) is 3.46. The van der Waals surface area contributed by atoms with E-state index in [1.807, 2.05) is 24.3 Å². The number of rotatable bonds is 5. The second kappa shape index (κ2) is 5.50. The van der Waals surface area contributed by atoms with Crippen molar-refractivity contribution in [2.45, 2.75) is 12.6 Å². The summed E-state index contributed by atoms with van der Waals surface area (Å²) in [4.78, 5) is 3.89. The van der Waals surface area contributed by atoms with Gasteiger partial charge in [-0.3, -0.25) is 0 Å². The number of nitrogens with zero attached hydrogens (tertiary/aromatic N) is 3. The van der Waals surface area contributed by atoms with Crippen LogP contribution in [-0.4, -0.2) is 14.8 Å². The van der Waals surface area contributed by atoms with Gasteiger partial charge >= 0.3 is 0 Å². The predicted octanol–water partition coefficient (Wildman–Crippen LogP) is 2.83. The van der Waals surface area contributed by atoms with Crippen LogP contribution in [0, 0.1) is 0 Å². The van der Waals surface area contributed by atoms with Crippen LogP contribution in [0.4, 0.5) is 0 Å². The normalized spacial score (nSPS) is 12.1. The molecule has 0 saturated heterocycles. The van der Waals surface area contributed by atoms with Crippen molar-refractivity contribution in [3.63, 3.8) is 0 Å². The molecule has 0 aliphatic rings. The minimum Gasteiger partial charge on any atom is -0.492 e. The molecular formula is C12H12ClN3O. The summed E-state index contributed by atoms with van der Waals surface area (Å²) in [5.74, 6) is 0. The van der Waals surface area contributed by atoms with Crippen LogP contribution in [0.15, 0.2) is 49.8 Å². The maximum atomic E-state index is 5.85. The summed E-state index contributed by atoms with van der Waals surface area (Å²) < 4.78 is 7.18. The summed E-state index contributed by atoms with van der Waals surface area (Å²) in [6, 6.07) is 7.51. The molecule has 1 heterocycles. The summed E-state index contributed by atoms with van der Waals surface area (Å²) >= 11 is 5.85. The number of hydrogen-bond donors (Lipinski definition) is 0. The van der Waals surface area contributed by atoms with E-state index in [1.165, 1.54) is 12.6 Å². The molecule has 0 bridgehead atoms. The molecule has 1 atom stereocenters. The largest absolute Gasteiger partial charge is 0.492 e. The summed E-state index contributed by atoms with van der Waals surface area (Å²) in [6.07, 6.45) is 4.42. The zero-order valence-electron chi connectivity index (χ0n) is 9.16. The number of hydrogen-bond acceptors (Lipinski definition) is 3. The van der Waals surface area contributed by atoms with Gasteiger partial charge in [0.1, 0.15) is 18.8 Å². The van der Waals surface area contributed by atoms with Crippen LogP contribution in [0.5, 0.6) is 0 Å². The molecule has 0 N–H and O–H groups in total. The first-order valence-corrected chi connectivity index (χ1v) is 5.51. The van der Waals surface area contributed by atoms with Crippen molar-refractivity contribution >= 4 is 11.6 Å². The van der Waals surface area contributed by atoms with E-state index in [1.54, 1.807) is 11.0 Å². The van der Waals surface area contributed by atoms with Crippen LogP contribution in [0.1, 0.15) is 11.7 Å². The summed E-state index contributed by atoms with van der Waals surface area (Å²) in [6.45, 7) is 4.16. The Morgan fingerprint density at radius 3 is 2.76 bits per heavy atom. The summed E-state index contributed by atoms with van der Waals surface area (Å²) in [5, 5.41) is 4.75. The van der Waals surface area contributed by atoms with Crippen LogP contribution in [0.3, 0.4) is 0 Å². The van der Waals surface area contributed by atoms with Crippen LogP contribution in [-0.2, 0) is 11.3 Å². The third-order valence-corrected chi connectivity index (χ3v) is 2.57. The maximum absolute atomic E-state index is 5.85. The molecule has 1 unspecified atom stereocenters. The Labute approximate surface area is 105 Å². The highest BCUT2D eigenvalue weighted by atomic mass is 35.5. The highest BCUT2D eigenvalue weighted by Gasteiger charge is 2.12. The van der Waals surface area contributed by atoms with Gasteiger partial charge in [0.2, 0.25) is 0 Å². The predicted molar refractivity (Wildman–Crippen MR) is 65.5 cm³/mol. The average molecular weight is 250 g/mol. The Bertz CT molecular complexity index is 467. The number of aromatic nitrogens is 3. The van der Waals surface area contributed by atoms with Gasteiger partial charge in [-0.25, -0.2) is 9.67 Å². The van der Waals surface area contributed by atoms with Crippen LogP contribution >= 0.6 is 11.6 Å². The molecule has 17 heavy (non-hydrogen) atoms.